The zero-order valence-electron chi connectivity index (χ0n) is 12.4. The quantitative estimate of drug-likeness (QED) is 0.524. The van der Waals surface area contributed by atoms with E-state index < -0.39 is 11.5 Å². The molecule has 1 rings (SSSR count). The molecule has 0 bridgehead atoms. The predicted molar refractivity (Wildman–Crippen MR) is 77.4 cm³/mol. The van der Waals surface area contributed by atoms with Crippen LogP contribution in [-0.2, 0) is 4.79 Å². The van der Waals surface area contributed by atoms with E-state index in [4.69, 9.17) is 10.00 Å². The molecule has 112 valence electrons. The van der Waals surface area contributed by atoms with Crippen LogP contribution in [0.15, 0.2) is 29.8 Å². The van der Waals surface area contributed by atoms with Gasteiger partial charge in [0.15, 0.2) is 0 Å². The molecule has 21 heavy (non-hydrogen) atoms. The number of para-hydroxylation sites is 1. The topological polar surface area (TPSA) is 77.6 Å². The van der Waals surface area contributed by atoms with Gasteiger partial charge in [-0.25, -0.2) is 0 Å². The molecular weight excluding hydrogens is 268 g/mol. The molecule has 0 aliphatic heterocycles. The second kappa shape index (κ2) is 8.77. The highest BCUT2D eigenvalue weighted by molar-refractivity contribution is 5.95. The smallest absolute Gasteiger partial charge is 0.137 e. The molecule has 0 unspecified atom stereocenters. The minimum atomic E-state index is -1.49. The number of aliphatic carboxylic acids is 1. The number of nitriles is 1. The Morgan fingerprint density at radius 1 is 1.38 bits per heavy atom. The molecule has 0 spiro atoms. The molecular formula is C16H20N2O3. The van der Waals surface area contributed by atoms with Crippen molar-refractivity contribution in [1.82, 2.24) is 0 Å². The molecule has 1 aromatic rings. The summed E-state index contributed by atoms with van der Waals surface area (Å²) in [4.78, 5) is 12.2. The van der Waals surface area contributed by atoms with Gasteiger partial charge in [0.2, 0.25) is 0 Å². The van der Waals surface area contributed by atoms with Gasteiger partial charge >= 0.3 is 0 Å². The average Bonchev–Trinajstić information content (AvgIpc) is 2.50. The third-order valence-corrected chi connectivity index (χ3v) is 3.27. The van der Waals surface area contributed by atoms with Crippen LogP contribution in [0.3, 0.4) is 0 Å². The summed E-state index contributed by atoms with van der Waals surface area (Å²) in [7, 11) is 0. The lowest BCUT2D eigenvalue weighted by Gasteiger charge is -2.16. The van der Waals surface area contributed by atoms with E-state index in [1.807, 2.05) is 6.07 Å². The third kappa shape index (κ3) is 5.28. The van der Waals surface area contributed by atoms with Crippen molar-refractivity contribution in [3.8, 4) is 11.8 Å². The molecule has 0 atom stereocenters. The summed E-state index contributed by atoms with van der Waals surface area (Å²) >= 11 is 0. The highest BCUT2D eigenvalue weighted by Gasteiger charge is 2.06. The van der Waals surface area contributed by atoms with E-state index in [2.05, 4.69) is 13.8 Å². The number of carboxylic acids is 1. The van der Waals surface area contributed by atoms with Crippen molar-refractivity contribution in [3.05, 3.63) is 35.4 Å². The van der Waals surface area contributed by atoms with E-state index in [0.717, 1.165) is 19.6 Å². The monoisotopic (exact) mass is 288 g/mol. The highest BCUT2D eigenvalue weighted by Crippen LogP contribution is 2.20. The van der Waals surface area contributed by atoms with E-state index in [9.17, 15) is 9.90 Å². The fourth-order valence-corrected chi connectivity index (χ4v) is 1.93. The Labute approximate surface area is 125 Å². The molecule has 0 radical (unpaired) electrons. The lowest BCUT2D eigenvalue weighted by Crippen LogP contribution is -3.12. The number of carboxylic acid groups (broad SMARTS) is 1. The number of nitrogens with zero attached hydrogens (tertiary/aromatic N) is 1. The first-order valence-electron chi connectivity index (χ1n) is 7.00. The van der Waals surface area contributed by atoms with Crippen LogP contribution in [0.25, 0.3) is 6.08 Å². The van der Waals surface area contributed by atoms with E-state index in [1.165, 1.54) is 11.0 Å². The van der Waals surface area contributed by atoms with Crippen molar-refractivity contribution in [3.63, 3.8) is 0 Å². The summed E-state index contributed by atoms with van der Waals surface area (Å²) in [5, 5.41) is 19.6. The van der Waals surface area contributed by atoms with Crippen LogP contribution in [0.1, 0.15) is 19.4 Å². The summed E-state index contributed by atoms with van der Waals surface area (Å²) in [6.45, 7) is 7.71. The molecule has 0 heterocycles. The van der Waals surface area contributed by atoms with Crippen LogP contribution in [0, 0.1) is 11.3 Å². The Morgan fingerprint density at radius 2 is 2.05 bits per heavy atom. The first kappa shape index (κ1) is 16.7. The Kier molecular flexibility index (Phi) is 6.99. The fourth-order valence-electron chi connectivity index (χ4n) is 1.93. The number of rotatable bonds is 8. The molecule has 1 aromatic carbocycles. The number of hydrogen-bond acceptors (Lipinski definition) is 4. The Morgan fingerprint density at radius 3 is 2.62 bits per heavy atom. The van der Waals surface area contributed by atoms with Crippen LogP contribution < -0.4 is 14.7 Å². The third-order valence-electron chi connectivity index (χ3n) is 3.27. The lowest BCUT2D eigenvalue weighted by atomic mass is 10.1. The van der Waals surface area contributed by atoms with Crippen LogP contribution in [-0.4, -0.2) is 32.2 Å². The largest absolute Gasteiger partial charge is 0.544 e. The Balaban J connectivity index is 2.81. The van der Waals surface area contributed by atoms with Gasteiger partial charge in [-0.1, -0.05) is 18.2 Å². The van der Waals surface area contributed by atoms with Gasteiger partial charge in [0.25, 0.3) is 0 Å². The molecule has 0 amide bonds. The fraction of sp³-hybridized carbons (Fsp3) is 0.375. The molecule has 5 heteroatoms. The van der Waals surface area contributed by atoms with Crippen molar-refractivity contribution in [2.75, 3.05) is 26.2 Å². The first-order valence-corrected chi connectivity index (χ1v) is 7.00. The second-order valence-corrected chi connectivity index (χ2v) is 4.55. The molecule has 1 N–H and O–H groups in total. The number of carbonyl (C=O) groups excluding carboxylic acids is 1. The van der Waals surface area contributed by atoms with Crippen molar-refractivity contribution < 1.29 is 19.5 Å². The van der Waals surface area contributed by atoms with Gasteiger partial charge in [0, 0.05) is 5.56 Å². The van der Waals surface area contributed by atoms with Crippen molar-refractivity contribution in [2.24, 2.45) is 0 Å². The molecule has 5 nitrogen and oxygen atoms in total. The van der Waals surface area contributed by atoms with Crippen LogP contribution >= 0.6 is 0 Å². The predicted octanol–water partition coefficient (Wildman–Crippen LogP) is -0.353. The summed E-state index contributed by atoms with van der Waals surface area (Å²) in [5.41, 5.74) is 0.146. The van der Waals surface area contributed by atoms with Gasteiger partial charge in [-0.3, -0.25) is 0 Å². The maximum Gasteiger partial charge on any atom is 0.137 e. The minimum Gasteiger partial charge on any atom is -0.544 e. The van der Waals surface area contributed by atoms with E-state index in [0.29, 0.717) is 17.9 Å². The summed E-state index contributed by atoms with van der Waals surface area (Å²) in [6.07, 6.45) is 1.27. The van der Waals surface area contributed by atoms with Gasteiger partial charge in [0.05, 0.1) is 24.6 Å². The summed E-state index contributed by atoms with van der Waals surface area (Å²) in [5.74, 6) is -0.919. The number of likely N-dealkylation sites (N-methyl/N-ethyl adjacent to an activating group) is 1. The number of benzene rings is 1. The van der Waals surface area contributed by atoms with E-state index in [1.54, 1.807) is 24.3 Å². The van der Waals surface area contributed by atoms with Crippen LogP contribution in [0.5, 0.6) is 5.75 Å². The molecule has 0 aliphatic rings. The maximum absolute atomic E-state index is 10.8. The van der Waals surface area contributed by atoms with E-state index in [-0.39, 0.29) is 0 Å². The van der Waals surface area contributed by atoms with Gasteiger partial charge in [-0.05, 0) is 26.0 Å². The molecule has 0 aliphatic carbocycles. The van der Waals surface area contributed by atoms with Crippen molar-refractivity contribution in [1.29, 1.82) is 5.26 Å². The number of quaternary nitrogens is 1. The minimum absolute atomic E-state index is 0.416. The normalized spacial score (nSPS) is 11.2. The maximum atomic E-state index is 10.8. The summed E-state index contributed by atoms with van der Waals surface area (Å²) in [6, 6.07) is 8.65. The zero-order valence-corrected chi connectivity index (χ0v) is 12.4. The number of ether oxygens (including phenoxy) is 1. The lowest BCUT2D eigenvalue weighted by molar-refractivity contribution is -0.896. The number of carbonyl (C=O) groups is 1. The van der Waals surface area contributed by atoms with Crippen LogP contribution in [0.2, 0.25) is 0 Å². The Bertz CT molecular complexity index is 543. The molecule has 0 saturated carbocycles. The first-order chi connectivity index (χ1) is 10.1. The van der Waals surface area contributed by atoms with Crippen LogP contribution in [0.4, 0.5) is 0 Å². The average molecular weight is 288 g/mol. The Hall–Kier alpha value is -2.32. The number of hydrogen-bond donors (Lipinski definition) is 1. The summed E-state index contributed by atoms with van der Waals surface area (Å²) < 4.78 is 5.71. The zero-order chi connectivity index (χ0) is 15.7. The van der Waals surface area contributed by atoms with Gasteiger partial charge in [0.1, 0.15) is 25.0 Å². The van der Waals surface area contributed by atoms with Gasteiger partial charge < -0.3 is 19.5 Å². The van der Waals surface area contributed by atoms with Gasteiger partial charge in [-0.2, -0.15) is 5.26 Å². The molecule has 0 saturated heterocycles. The van der Waals surface area contributed by atoms with Crippen molar-refractivity contribution in [2.45, 2.75) is 13.8 Å². The van der Waals surface area contributed by atoms with Gasteiger partial charge in [-0.15, -0.1) is 0 Å². The standard InChI is InChI=1S/C16H20N2O3/c1-3-18(4-2)9-10-21-15-8-6-5-7-13(15)11-14(12-17)16(19)20/h5-8,11H,3-4,9-10H2,1-2H3,(H,19,20)/b14-11-. The SMILES string of the molecule is CC[NH+](CC)CCOc1ccccc1/C=C(/C#N)C(=O)[O-]. The van der Waals surface area contributed by atoms with Crippen molar-refractivity contribution >= 4 is 12.0 Å². The second-order valence-electron chi connectivity index (χ2n) is 4.55. The number of nitrogens with one attached hydrogen (secondary N) is 1. The highest BCUT2D eigenvalue weighted by atomic mass is 16.5. The van der Waals surface area contributed by atoms with E-state index >= 15 is 0 Å². The molecule has 0 fully saturated rings. The molecule has 0 aromatic heterocycles.